The van der Waals surface area contributed by atoms with Gasteiger partial charge in [-0.2, -0.15) is 0 Å². The van der Waals surface area contributed by atoms with Crippen LogP contribution >= 0.6 is 0 Å². The third-order valence-electron chi connectivity index (χ3n) is 2.72. The van der Waals surface area contributed by atoms with E-state index >= 15 is 0 Å². The van der Waals surface area contributed by atoms with Crippen LogP contribution < -0.4 is 0 Å². The zero-order valence-electron chi connectivity index (χ0n) is 9.48. The maximum Gasteiger partial charge on any atom is 0.320 e. The predicted octanol–water partition coefficient (Wildman–Crippen LogP) is 0.141. The monoisotopic (exact) mass is 216 g/mol. The highest BCUT2D eigenvalue weighted by molar-refractivity contribution is 5.74. The Kier molecular flexibility index (Phi) is 4.84. The lowest BCUT2D eigenvalue weighted by atomic mass is 10.2. The molecule has 2 amide bonds. The summed E-state index contributed by atoms with van der Waals surface area (Å²) in [6, 6.07) is -0.186. The molecular weight excluding hydrogens is 196 g/mol. The van der Waals surface area contributed by atoms with Crippen LogP contribution in [0.15, 0.2) is 0 Å². The molecule has 1 unspecified atom stereocenters. The number of urea groups is 1. The molecule has 1 rings (SSSR count). The molecule has 15 heavy (non-hydrogen) atoms. The first kappa shape index (κ1) is 12.3. The van der Waals surface area contributed by atoms with Gasteiger partial charge in [0, 0.05) is 19.6 Å². The van der Waals surface area contributed by atoms with Crippen molar-refractivity contribution in [3.63, 3.8) is 0 Å². The molecule has 0 aliphatic carbocycles. The van der Waals surface area contributed by atoms with Crippen LogP contribution in [0.25, 0.3) is 0 Å². The van der Waals surface area contributed by atoms with Gasteiger partial charge in [-0.3, -0.25) is 0 Å². The highest BCUT2D eigenvalue weighted by Crippen LogP contribution is 2.09. The van der Waals surface area contributed by atoms with Crippen LogP contribution in [0.3, 0.4) is 0 Å². The lowest BCUT2D eigenvalue weighted by molar-refractivity contribution is -0.0144. The summed E-state index contributed by atoms with van der Waals surface area (Å²) in [5.41, 5.74) is 0. The standard InChI is InChI=1S/C10H20N2O3/c1-3-11(4-2)10(14)12-5-6-15-8-9(12)7-13/h9,13H,3-8H2,1-2H3. The summed E-state index contributed by atoms with van der Waals surface area (Å²) >= 11 is 0. The van der Waals surface area contributed by atoms with Crippen molar-refractivity contribution in [3.8, 4) is 0 Å². The van der Waals surface area contributed by atoms with E-state index in [1.54, 1.807) is 9.80 Å². The molecular formula is C10H20N2O3. The van der Waals surface area contributed by atoms with Crippen molar-refractivity contribution in [3.05, 3.63) is 0 Å². The highest BCUT2D eigenvalue weighted by atomic mass is 16.5. The van der Waals surface area contributed by atoms with E-state index in [4.69, 9.17) is 9.84 Å². The Balaban J connectivity index is 2.62. The Hall–Kier alpha value is -0.810. The Morgan fingerprint density at radius 2 is 2.20 bits per heavy atom. The number of morpholine rings is 1. The van der Waals surface area contributed by atoms with Crippen molar-refractivity contribution in [1.82, 2.24) is 9.80 Å². The lowest BCUT2D eigenvalue weighted by Gasteiger charge is -2.37. The van der Waals surface area contributed by atoms with Gasteiger partial charge < -0.3 is 19.6 Å². The molecule has 0 aromatic heterocycles. The Morgan fingerprint density at radius 3 is 2.73 bits per heavy atom. The third kappa shape index (κ3) is 2.82. The van der Waals surface area contributed by atoms with Crippen LogP contribution in [0, 0.1) is 0 Å². The average Bonchev–Trinajstić information content (AvgIpc) is 2.30. The number of amides is 2. The second-order valence-electron chi connectivity index (χ2n) is 3.56. The highest BCUT2D eigenvalue weighted by Gasteiger charge is 2.28. The summed E-state index contributed by atoms with van der Waals surface area (Å²) in [5.74, 6) is 0. The number of aliphatic hydroxyl groups excluding tert-OH is 1. The van der Waals surface area contributed by atoms with Crippen molar-refractivity contribution in [2.75, 3.05) is 39.5 Å². The van der Waals surface area contributed by atoms with Crippen molar-refractivity contribution in [1.29, 1.82) is 0 Å². The molecule has 1 aliphatic rings. The molecule has 0 radical (unpaired) electrons. The number of hydrogen-bond donors (Lipinski definition) is 1. The first-order valence-corrected chi connectivity index (χ1v) is 5.48. The Bertz CT molecular complexity index is 207. The minimum atomic E-state index is -0.188. The van der Waals surface area contributed by atoms with Gasteiger partial charge in [-0.1, -0.05) is 0 Å². The topological polar surface area (TPSA) is 53.0 Å². The van der Waals surface area contributed by atoms with E-state index in [1.807, 2.05) is 13.8 Å². The summed E-state index contributed by atoms with van der Waals surface area (Å²) in [6.07, 6.45) is 0. The molecule has 0 aromatic carbocycles. The smallest absolute Gasteiger partial charge is 0.320 e. The fraction of sp³-hybridized carbons (Fsp3) is 0.900. The van der Waals surface area contributed by atoms with E-state index in [-0.39, 0.29) is 18.7 Å². The number of ether oxygens (including phenoxy) is 1. The van der Waals surface area contributed by atoms with Crippen LogP contribution in [-0.4, -0.2) is 66.4 Å². The van der Waals surface area contributed by atoms with Gasteiger partial charge in [0.15, 0.2) is 0 Å². The van der Waals surface area contributed by atoms with Gasteiger partial charge in [0.2, 0.25) is 0 Å². The van der Waals surface area contributed by atoms with E-state index in [0.717, 1.165) is 0 Å². The van der Waals surface area contributed by atoms with Crippen LogP contribution in [0.4, 0.5) is 4.79 Å². The van der Waals surface area contributed by atoms with E-state index in [1.165, 1.54) is 0 Å². The molecule has 1 heterocycles. The largest absolute Gasteiger partial charge is 0.394 e. The van der Waals surface area contributed by atoms with Gasteiger partial charge in [-0.25, -0.2) is 4.79 Å². The molecule has 5 nitrogen and oxygen atoms in total. The molecule has 1 aliphatic heterocycles. The molecule has 0 saturated carbocycles. The van der Waals surface area contributed by atoms with Crippen molar-refractivity contribution >= 4 is 6.03 Å². The lowest BCUT2D eigenvalue weighted by Crippen LogP contribution is -2.54. The Labute approximate surface area is 90.6 Å². The molecule has 0 aromatic rings. The molecule has 5 heteroatoms. The first-order chi connectivity index (χ1) is 7.24. The van der Waals surface area contributed by atoms with Gasteiger partial charge in [-0.15, -0.1) is 0 Å². The summed E-state index contributed by atoms with van der Waals surface area (Å²) < 4.78 is 5.23. The number of hydrogen-bond acceptors (Lipinski definition) is 3. The summed E-state index contributed by atoms with van der Waals surface area (Å²) in [7, 11) is 0. The van der Waals surface area contributed by atoms with E-state index < -0.39 is 0 Å². The summed E-state index contributed by atoms with van der Waals surface area (Å²) in [6.45, 7) is 6.84. The van der Waals surface area contributed by atoms with Crippen molar-refractivity contribution in [2.45, 2.75) is 19.9 Å². The zero-order valence-corrected chi connectivity index (χ0v) is 9.48. The van der Waals surface area contributed by atoms with Gasteiger partial charge in [0.1, 0.15) is 0 Å². The van der Waals surface area contributed by atoms with E-state index in [2.05, 4.69) is 0 Å². The number of aliphatic hydroxyl groups is 1. The number of carbonyl (C=O) groups excluding carboxylic acids is 1. The predicted molar refractivity (Wildman–Crippen MR) is 56.7 cm³/mol. The van der Waals surface area contributed by atoms with Gasteiger partial charge in [0.25, 0.3) is 0 Å². The second kappa shape index (κ2) is 5.92. The van der Waals surface area contributed by atoms with Crippen molar-refractivity contribution < 1.29 is 14.6 Å². The SMILES string of the molecule is CCN(CC)C(=O)N1CCOCC1CO. The molecule has 0 spiro atoms. The van der Waals surface area contributed by atoms with Gasteiger partial charge in [0.05, 0.1) is 25.9 Å². The zero-order chi connectivity index (χ0) is 11.3. The minimum Gasteiger partial charge on any atom is -0.394 e. The maximum atomic E-state index is 12.0. The fourth-order valence-corrected chi connectivity index (χ4v) is 1.73. The molecule has 1 saturated heterocycles. The normalized spacial score (nSPS) is 21.5. The Morgan fingerprint density at radius 1 is 1.53 bits per heavy atom. The van der Waals surface area contributed by atoms with E-state index in [0.29, 0.717) is 32.8 Å². The fourth-order valence-electron chi connectivity index (χ4n) is 1.73. The van der Waals surface area contributed by atoms with Crippen LogP contribution in [-0.2, 0) is 4.74 Å². The maximum absolute atomic E-state index is 12.0. The minimum absolute atomic E-state index is 0.00218. The quantitative estimate of drug-likeness (QED) is 0.730. The first-order valence-electron chi connectivity index (χ1n) is 5.48. The van der Waals surface area contributed by atoms with Crippen LogP contribution in [0.1, 0.15) is 13.8 Å². The average molecular weight is 216 g/mol. The molecule has 1 N–H and O–H groups in total. The van der Waals surface area contributed by atoms with Gasteiger partial charge >= 0.3 is 6.03 Å². The van der Waals surface area contributed by atoms with Crippen LogP contribution in [0.5, 0.6) is 0 Å². The number of rotatable bonds is 3. The summed E-state index contributed by atoms with van der Waals surface area (Å²) in [5, 5.41) is 9.15. The molecule has 1 fully saturated rings. The third-order valence-corrected chi connectivity index (χ3v) is 2.72. The molecule has 1 atom stereocenters. The van der Waals surface area contributed by atoms with Gasteiger partial charge in [-0.05, 0) is 13.8 Å². The molecule has 0 bridgehead atoms. The molecule has 88 valence electrons. The number of carbonyl (C=O) groups is 1. The number of nitrogens with zero attached hydrogens (tertiary/aromatic N) is 2. The second-order valence-corrected chi connectivity index (χ2v) is 3.56. The van der Waals surface area contributed by atoms with E-state index in [9.17, 15) is 4.79 Å². The summed E-state index contributed by atoms with van der Waals surface area (Å²) in [4.78, 5) is 15.5. The van der Waals surface area contributed by atoms with Crippen molar-refractivity contribution in [2.24, 2.45) is 0 Å². The van der Waals surface area contributed by atoms with Crippen LogP contribution in [0.2, 0.25) is 0 Å².